The summed E-state index contributed by atoms with van der Waals surface area (Å²) in [5, 5.41) is -0.197. The first-order valence-electron chi connectivity index (χ1n) is 8.51. The second-order valence-corrected chi connectivity index (χ2v) is 7.20. The second kappa shape index (κ2) is 7.99. The third kappa shape index (κ3) is 3.80. The summed E-state index contributed by atoms with van der Waals surface area (Å²) in [5.74, 6) is 1.49. The van der Waals surface area contributed by atoms with Crippen molar-refractivity contribution in [3.05, 3.63) is 23.8 Å². The van der Waals surface area contributed by atoms with E-state index in [1.54, 1.807) is 25.2 Å². The number of methoxy groups -OCH3 is 2. The summed E-state index contributed by atoms with van der Waals surface area (Å²) in [4.78, 5) is 39.3. The van der Waals surface area contributed by atoms with E-state index in [1.165, 1.54) is 4.90 Å². The highest BCUT2D eigenvalue weighted by Crippen LogP contribution is 2.28. The van der Waals surface area contributed by atoms with Crippen molar-refractivity contribution in [1.29, 1.82) is 0 Å². The van der Waals surface area contributed by atoms with Crippen LogP contribution in [0.3, 0.4) is 0 Å². The molecule has 2 saturated heterocycles. The van der Waals surface area contributed by atoms with Crippen LogP contribution in [0.2, 0.25) is 0 Å². The fourth-order valence-electron chi connectivity index (χ4n) is 3.35. The molecule has 0 radical (unpaired) electrons. The molecule has 0 aromatic heterocycles. The highest BCUT2D eigenvalue weighted by molar-refractivity contribution is 8.14. The number of carbonyl (C=O) groups excluding carboxylic acids is 3. The topological polar surface area (TPSA) is 76.2 Å². The Balaban J connectivity index is 1.56. The van der Waals surface area contributed by atoms with E-state index >= 15 is 0 Å². The molecule has 0 N–H and O–H groups in total. The quantitative estimate of drug-likeness (QED) is 0.753. The standard InChI is InChI=1S/C18H22N2O5S/c1-24-14-5-3-12(15(9-14)25-2)4-6-16(21)19-8-7-13(10-19)20-17(22)11-26-18(20)23/h3,5,9,13H,4,6-8,10-11H2,1-2H3. The molecule has 2 fully saturated rings. The third-order valence-corrected chi connectivity index (χ3v) is 5.60. The molecule has 1 unspecified atom stereocenters. The lowest BCUT2D eigenvalue weighted by Crippen LogP contribution is -2.41. The number of amides is 3. The van der Waals surface area contributed by atoms with E-state index in [4.69, 9.17) is 9.47 Å². The molecule has 0 aliphatic carbocycles. The normalized spacial score (nSPS) is 20.0. The SMILES string of the molecule is COc1ccc(CCC(=O)N2CCC(N3C(=O)CSC3=O)C2)c(OC)c1. The Kier molecular flexibility index (Phi) is 5.70. The Bertz CT molecular complexity index is 708. The molecule has 2 heterocycles. The van der Waals surface area contributed by atoms with Crippen LogP contribution < -0.4 is 9.47 Å². The Morgan fingerprint density at radius 3 is 2.73 bits per heavy atom. The molecule has 2 aliphatic heterocycles. The van der Waals surface area contributed by atoms with Crippen LogP contribution in [-0.2, 0) is 16.0 Å². The summed E-state index contributed by atoms with van der Waals surface area (Å²) in [6, 6.07) is 5.35. The molecule has 8 heteroatoms. The van der Waals surface area contributed by atoms with Crippen molar-refractivity contribution >= 4 is 28.8 Å². The van der Waals surface area contributed by atoms with Crippen LogP contribution in [0.1, 0.15) is 18.4 Å². The van der Waals surface area contributed by atoms with Gasteiger partial charge in [0, 0.05) is 25.6 Å². The van der Waals surface area contributed by atoms with Gasteiger partial charge in [-0.05, 0) is 24.5 Å². The number of rotatable bonds is 6. The van der Waals surface area contributed by atoms with Gasteiger partial charge < -0.3 is 14.4 Å². The summed E-state index contributed by atoms with van der Waals surface area (Å²) < 4.78 is 10.5. The van der Waals surface area contributed by atoms with Crippen molar-refractivity contribution < 1.29 is 23.9 Å². The van der Waals surface area contributed by atoms with E-state index < -0.39 is 0 Å². The Morgan fingerprint density at radius 2 is 2.08 bits per heavy atom. The molecule has 0 bridgehead atoms. The lowest BCUT2D eigenvalue weighted by Gasteiger charge is -2.22. The van der Waals surface area contributed by atoms with E-state index in [2.05, 4.69) is 0 Å². The van der Waals surface area contributed by atoms with Gasteiger partial charge in [0.15, 0.2) is 0 Å². The van der Waals surface area contributed by atoms with E-state index in [9.17, 15) is 14.4 Å². The van der Waals surface area contributed by atoms with E-state index in [-0.39, 0.29) is 28.8 Å². The Morgan fingerprint density at radius 1 is 1.27 bits per heavy atom. The molecule has 0 saturated carbocycles. The van der Waals surface area contributed by atoms with Gasteiger partial charge in [-0.3, -0.25) is 19.3 Å². The number of nitrogens with zero attached hydrogens (tertiary/aromatic N) is 2. The first-order chi connectivity index (χ1) is 12.5. The molecule has 1 atom stereocenters. The molecule has 3 rings (SSSR count). The minimum Gasteiger partial charge on any atom is -0.497 e. The summed E-state index contributed by atoms with van der Waals surface area (Å²) in [5.41, 5.74) is 0.943. The highest BCUT2D eigenvalue weighted by atomic mass is 32.2. The van der Waals surface area contributed by atoms with Gasteiger partial charge in [0.2, 0.25) is 11.8 Å². The molecule has 7 nitrogen and oxygen atoms in total. The number of carbonyl (C=O) groups is 3. The van der Waals surface area contributed by atoms with Crippen molar-refractivity contribution in [3.8, 4) is 11.5 Å². The predicted molar refractivity (Wildman–Crippen MR) is 97.6 cm³/mol. The fraction of sp³-hybridized carbons (Fsp3) is 0.500. The number of hydrogen-bond acceptors (Lipinski definition) is 6. The summed E-state index contributed by atoms with van der Waals surface area (Å²) >= 11 is 1.03. The minimum absolute atomic E-state index is 0.0251. The molecular weight excluding hydrogens is 356 g/mol. The van der Waals surface area contributed by atoms with E-state index in [1.807, 2.05) is 12.1 Å². The number of imide groups is 1. The highest BCUT2D eigenvalue weighted by Gasteiger charge is 2.40. The van der Waals surface area contributed by atoms with Gasteiger partial charge in [-0.25, -0.2) is 0 Å². The summed E-state index contributed by atoms with van der Waals surface area (Å²) in [6.07, 6.45) is 1.56. The molecule has 140 valence electrons. The van der Waals surface area contributed by atoms with Gasteiger partial charge in [-0.1, -0.05) is 17.8 Å². The zero-order chi connectivity index (χ0) is 18.7. The lowest BCUT2D eigenvalue weighted by molar-refractivity contribution is -0.131. The smallest absolute Gasteiger partial charge is 0.289 e. The third-order valence-electron chi connectivity index (χ3n) is 4.77. The predicted octanol–water partition coefficient (Wildman–Crippen LogP) is 1.93. The molecule has 26 heavy (non-hydrogen) atoms. The van der Waals surface area contributed by atoms with Gasteiger partial charge in [0.1, 0.15) is 11.5 Å². The Labute approximate surface area is 156 Å². The summed E-state index contributed by atoms with van der Waals surface area (Å²) in [6.45, 7) is 1.00. The van der Waals surface area contributed by atoms with Crippen molar-refractivity contribution in [1.82, 2.24) is 9.80 Å². The molecule has 1 aromatic rings. The zero-order valence-electron chi connectivity index (χ0n) is 14.9. The van der Waals surface area contributed by atoms with Crippen LogP contribution in [0.15, 0.2) is 18.2 Å². The second-order valence-electron chi connectivity index (χ2n) is 6.28. The van der Waals surface area contributed by atoms with Crippen molar-refractivity contribution in [2.45, 2.75) is 25.3 Å². The van der Waals surface area contributed by atoms with Crippen molar-refractivity contribution in [2.75, 3.05) is 33.1 Å². The molecular formula is C18H22N2O5S. The maximum atomic E-state index is 12.5. The number of hydrogen-bond donors (Lipinski definition) is 0. The number of ether oxygens (including phenoxy) is 2. The van der Waals surface area contributed by atoms with Crippen LogP contribution >= 0.6 is 11.8 Å². The number of likely N-dealkylation sites (tertiary alicyclic amines) is 1. The fourth-order valence-corrected chi connectivity index (χ4v) is 4.13. The van der Waals surface area contributed by atoms with Crippen LogP contribution in [0.4, 0.5) is 4.79 Å². The van der Waals surface area contributed by atoms with Gasteiger partial charge in [0.25, 0.3) is 5.24 Å². The summed E-state index contributed by atoms with van der Waals surface area (Å²) in [7, 11) is 3.18. The van der Waals surface area contributed by atoms with Crippen LogP contribution in [-0.4, -0.2) is 66.0 Å². The average molecular weight is 378 g/mol. The van der Waals surface area contributed by atoms with E-state index in [0.717, 1.165) is 17.3 Å². The van der Waals surface area contributed by atoms with Gasteiger partial charge in [0.05, 0.1) is 26.0 Å². The average Bonchev–Trinajstić information content (AvgIpc) is 3.26. The van der Waals surface area contributed by atoms with Crippen LogP contribution in [0.5, 0.6) is 11.5 Å². The maximum Gasteiger partial charge on any atom is 0.289 e. The van der Waals surface area contributed by atoms with Crippen LogP contribution in [0, 0.1) is 0 Å². The first kappa shape index (κ1) is 18.6. The molecule has 2 aliphatic rings. The van der Waals surface area contributed by atoms with Crippen molar-refractivity contribution in [3.63, 3.8) is 0 Å². The van der Waals surface area contributed by atoms with Gasteiger partial charge in [-0.2, -0.15) is 0 Å². The number of benzene rings is 1. The first-order valence-corrected chi connectivity index (χ1v) is 9.49. The largest absolute Gasteiger partial charge is 0.497 e. The number of aryl methyl sites for hydroxylation is 1. The minimum atomic E-state index is -0.197. The molecule has 1 aromatic carbocycles. The van der Waals surface area contributed by atoms with Crippen LogP contribution in [0.25, 0.3) is 0 Å². The number of thioether (sulfide) groups is 1. The Hall–Kier alpha value is -2.22. The molecule has 3 amide bonds. The maximum absolute atomic E-state index is 12.5. The lowest BCUT2D eigenvalue weighted by atomic mass is 10.1. The molecule has 0 spiro atoms. The monoisotopic (exact) mass is 378 g/mol. The van der Waals surface area contributed by atoms with Gasteiger partial charge in [-0.15, -0.1) is 0 Å². The van der Waals surface area contributed by atoms with Crippen molar-refractivity contribution in [2.24, 2.45) is 0 Å². The zero-order valence-corrected chi connectivity index (χ0v) is 15.7. The van der Waals surface area contributed by atoms with E-state index in [0.29, 0.717) is 43.9 Å². The van der Waals surface area contributed by atoms with Gasteiger partial charge >= 0.3 is 0 Å².